The van der Waals surface area contributed by atoms with E-state index in [0.717, 1.165) is 6.26 Å². The maximum Gasteiger partial charge on any atom is 0.254 e. The van der Waals surface area contributed by atoms with Gasteiger partial charge in [-0.05, 0) is 38.0 Å². The van der Waals surface area contributed by atoms with Crippen molar-refractivity contribution in [2.24, 2.45) is 0 Å². The Hall–Kier alpha value is -1.41. The second kappa shape index (κ2) is 6.24. The molecule has 0 bridgehead atoms. The molecule has 0 N–H and O–H groups in total. The largest absolute Gasteiger partial charge is 0.335 e. The van der Waals surface area contributed by atoms with Crippen molar-refractivity contribution in [3.63, 3.8) is 0 Å². The van der Waals surface area contributed by atoms with Crippen LogP contribution in [-0.4, -0.2) is 58.0 Å². The van der Waals surface area contributed by atoms with Gasteiger partial charge in [0.2, 0.25) is 0 Å². The highest BCUT2D eigenvalue weighted by molar-refractivity contribution is 7.91. The quantitative estimate of drug-likeness (QED) is 0.802. The Morgan fingerprint density at radius 1 is 1.35 bits per heavy atom. The lowest BCUT2D eigenvalue weighted by atomic mass is 10.1. The average Bonchev–Trinajstić information content (AvgIpc) is 2.78. The van der Waals surface area contributed by atoms with Gasteiger partial charge in [0.1, 0.15) is 0 Å². The number of sulfone groups is 2. The highest BCUT2D eigenvalue weighted by atomic mass is 32.2. The molecular formula is C15H21NO5S2. The van der Waals surface area contributed by atoms with E-state index in [1.165, 1.54) is 17.0 Å². The fourth-order valence-electron chi connectivity index (χ4n) is 2.81. The van der Waals surface area contributed by atoms with E-state index >= 15 is 0 Å². The second-order valence-corrected chi connectivity index (χ2v) is 10.1. The smallest absolute Gasteiger partial charge is 0.254 e. The fourth-order valence-corrected chi connectivity index (χ4v) is 5.18. The lowest BCUT2D eigenvalue weighted by Gasteiger charge is -2.27. The Morgan fingerprint density at radius 3 is 2.48 bits per heavy atom. The molecule has 128 valence electrons. The summed E-state index contributed by atoms with van der Waals surface area (Å²) in [6.07, 6.45) is 1.51. The molecule has 0 spiro atoms. The molecule has 0 radical (unpaired) electrons. The van der Waals surface area contributed by atoms with E-state index in [1.807, 2.05) is 0 Å². The van der Waals surface area contributed by atoms with Crippen molar-refractivity contribution < 1.29 is 21.6 Å². The fraction of sp³-hybridized carbons (Fsp3) is 0.533. The summed E-state index contributed by atoms with van der Waals surface area (Å²) in [6, 6.07) is 4.10. The number of hydrogen-bond donors (Lipinski definition) is 0. The number of amides is 1. The van der Waals surface area contributed by atoms with E-state index in [9.17, 15) is 21.6 Å². The zero-order chi connectivity index (χ0) is 17.4. The van der Waals surface area contributed by atoms with Gasteiger partial charge in [-0.2, -0.15) is 0 Å². The number of hydrogen-bond acceptors (Lipinski definition) is 5. The Labute approximate surface area is 137 Å². The number of carbonyl (C=O) groups is 1. The summed E-state index contributed by atoms with van der Waals surface area (Å²) in [5.74, 6) is -0.265. The maximum atomic E-state index is 12.8. The zero-order valence-electron chi connectivity index (χ0n) is 13.4. The van der Waals surface area contributed by atoms with E-state index in [-0.39, 0.29) is 28.4 Å². The molecule has 23 heavy (non-hydrogen) atoms. The van der Waals surface area contributed by atoms with Crippen LogP contribution in [0, 0.1) is 6.92 Å². The number of aryl methyl sites for hydroxylation is 1. The van der Waals surface area contributed by atoms with E-state index in [1.54, 1.807) is 19.9 Å². The van der Waals surface area contributed by atoms with Gasteiger partial charge in [0.25, 0.3) is 5.91 Å². The van der Waals surface area contributed by atoms with Gasteiger partial charge < -0.3 is 4.90 Å². The van der Waals surface area contributed by atoms with Crippen LogP contribution >= 0.6 is 0 Å². The van der Waals surface area contributed by atoms with E-state index in [4.69, 9.17) is 0 Å². The molecule has 1 aromatic rings. The van der Waals surface area contributed by atoms with Crippen LogP contribution in [0.1, 0.15) is 29.3 Å². The Morgan fingerprint density at radius 2 is 2.00 bits per heavy atom. The molecule has 0 aliphatic carbocycles. The number of carbonyl (C=O) groups excluding carboxylic acids is 1. The van der Waals surface area contributed by atoms with Gasteiger partial charge in [-0.15, -0.1) is 0 Å². The van der Waals surface area contributed by atoms with E-state index in [2.05, 4.69) is 0 Å². The predicted molar refractivity (Wildman–Crippen MR) is 88.1 cm³/mol. The van der Waals surface area contributed by atoms with Gasteiger partial charge >= 0.3 is 0 Å². The summed E-state index contributed by atoms with van der Waals surface area (Å²) >= 11 is 0. The van der Waals surface area contributed by atoms with E-state index < -0.39 is 19.7 Å². The second-order valence-electron chi connectivity index (χ2n) is 5.90. The molecule has 1 atom stereocenters. The zero-order valence-corrected chi connectivity index (χ0v) is 15.1. The molecule has 1 amide bonds. The molecular weight excluding hydrogens is 338 g/mol. The molecule has 8 heteroatoms. The minimum absolute atomic E-state index is 0.0304. The Bertz CT molecular complexity index is 827. The van der Waals surface area contributed by atoms with Crippen LogP contribution in [0.15, 0.2) is 23.1 Å². The standard InChI is InChI=1S/C15H21NO5S2/c1-4-16(12-7-8-23(20,21)10-12)15(17)14-9-13(22(3,18)19)6-5-11(14)2/h5-6,9,12H,4,7-8,10H2,1-3H3/t12-/m1/s1. The Kier molecular flexibility index (Phi) is 4.86. The lowest BCUT2D eigenvalue weighted by molar-refractivity contribution is 0.0707. The lowest BCUT2D eigenvalue weighted by Crippen LogP contribution is -2.41. The molecule has 1 aliphatic rings. The van der Waals surface area contributed by atoms with Crippen LogP contribution in [0.4, 0.5) is 0 Å². The SMILES string of the molecule is CCN(C(=O)c1cc(S(C)(=O)=O)ccc1C)[C@@H]1CCS(=O)(=O)C1. The third kappa shape index (κ3) is 3.92. The summed E-state index contributed by atoms with van der Waals surface area (Å²) in [7, 11) is -6.51. The van der Waals surface area contributed by atoms with Crippen molar-refractivity contribution in [2.75, 3.05) is 24.3 Å². The normalized spacial score (nSPS) is 20.4. The van der Waals surface area contributed by atoms with Crippen molar-refractivity contribution in [1.29, 1.82) is 0 Å². The van der Waals surface area contributed by atoms with Crippen LogP contribution < -0.4 is 0 Å². The maximum absolute atomic E-state index is 12.8. The Balaban J connectivity index is 2.38. The van der Waals surface area contributed by atoms with Crippen molar-refractivity contribution in [3.05, 3.63) is 29.3 Å². The van der Waals surface area contributed by atoms with Crippen molar-refractivity contribution in [2.45, 2.75) is 31.2 Å². The van der Waals surface area contributed by atoms with Crippen LogP contribution in [0.3, 0.4) is 0 Å². The molecule has 1 aromatic carbocycles. The predicted octanol–water partition coefficient (Wildman–Crippen LogP) is 1.05. The van der Waals surface area contributed by atoms with Gasteiger partial charge in [0, 0.05) is 24.4 Å². The number of rotatable bonds is 4. The van der Waals surface area contributed by atoms with Crippen molar-refractivity contribution in [1.82, 2.24) is 4.90 Å². The van der Waals surface area contributed by atoms with Gasteiger partial charge in [-0.3, -0.25) is 4.79 Å². The topological polar surface area (TPSA) is 88.6 Å². The summed E-state index contributed by atoms with van der Waals surface area (Å²) in [5.41, 5.74) is 0.973. The van der Waals surface area contributed by atoms with Crippen LogP contribution in [-0.2, 0) is 19.7 Å². The molecule has 1 saturated heterocycles. The van der Waals surface area contributed by atoms with Crippen LogP contribution in [0.2, 0.25) is 0 Å². The molecule has 0 saturated carbocycles. The summed E-state index contributed by atoms with van der Waals surface area (Å²) in [6.45, 7) is 3.90. The summed E-state index contributed by atoms with van der Waals surface area (Å²) < 4.78 is 46.7. The highest BCUT2D eigenvalue weighted by Crippen LogP contribution is 2.22. The number of nitrogens with zero attached hydrogens (tertiary/aromatic N) is 1. The third-order valence-corrected chi connectivity index (χ3v) is 6.98. The molecule has 6 nitrogen and oxygen atoms in total. The molecule has 0 aromatic heterocycles. The third-order valence-electron chi connectivity index (χ3n) is 4.12. The average molecular weight is 359 g/mol. The first-order chi connectivity index (χ1) is 10.5. The first-order valence-corrected chi connectivity index (χ1v) is 11.1. The first kappa shape index (κ1) is 17.9. The molecule has 0 unspecified atom stereocenters. The monoisotopic (exact) mass is 359 g/mol. The van der Waals surface area contributed by atoms with Gasteiger partial charge in [0.05, 0.1) is 16.4 Å². The van der Waals surface area contributed by atoms with Gasteiger partial charge in [-0.1, -0.05) is 6.07 Å². The molecule has 1 heterocycles. The van der Waals surface area contributed by atoms with Crippen LogP contribution in [0.5, 0.6) is 0 Å². The minimum Gasteiger partial charge on any atom is -0.335 e. The van der Waals surface area contributed by atoms with E-state index in [0.29, 0.717) is 24.1 Å². The van der Waals surface area contributed by atoms with Crippen molar-refractivity contribution >= 4 is 25.6 Å². The number of benzene rings is 1. The molecule has 2 rings (SSSR count). The minimum atomic E-state index is -3.41. The molecule has 1 fully saturated rings. The summed E-state index contributed by atoms with van der Waals surface area (Å²) in [4.78, 5) is 14.4. The van der Waals surface area contributed by atoms with Gasteiger partial charge in [-0.25, -0.2) is 16.8 Å². The highest BCUT2D eigenvalue weighted by Gasteiger charge is 2.34. The first-order valence-electron chi connectivity index (χ1n) is 7.37. The molecule has 1 aliphatic heterocycles. The summed E-state index contributed by atoms with van der Waals surface area (Å²) in [5, 5.41) is 0. The van der Waals surface area contributed by atoms with Crippen molar-refractivity contribution in [3.8, 4) is 0 Å². The van der Waals surface area contributed by atoms with Gasteiger partial charge in [0.15, 0.2) is 19.7 Å². The van der Waals surface area contributed by atoms with Crippen LogP contribution in [0.25, 0.3) is 0 Å².